The maximum absolute atomic E-state index is 11.1. The number of rotatable bonds is 1. The molecule has 2 N–H and O–H groups in total. The smallest absolute Gasteiger partial charge is 0.348 e. The van der Waals surface area contributed by atoms with E-state index >= 15 is 0 Å². The normalized spacial score (nSPS) is 9.92. The first-order valence-electron chi connectivity index (χ1n) is 3.51. The number of nitrogens with two attached hydrogens (primary N) is 1. The van der Waals surface area contributed by atoms with E-state index in [-0.39, 0.29) is 5.97 Å². The predicted molar refractivity (Wildman–Crippen MR) is 49.5 cm³/mol. The van der Waals surface area contributed by atoms with Gasteiger partial charge in [0, 0.05) is 10.6 Å². The van der Waals surface area contributed by atoms with Gasteiger partial charge in [-0.25, -0.2) is 4.79 Å². The maximum atomic E-state index is 11.1. The number of nitrogen functional groups attached to an aromatic ring is 1. The number of esters is 1. The molecule has 66 valence electrons. The van der Waals surface area contributed by atoms with E-state index in [9.17, 15) is 4.79 Å². The van der Waals surface area contributed by atoms with Gasteiger partial charge in [0.2, 0.25) is 0 Å². The SMILES string of the molecule is COC(=O)c1sc(C)c(N)c1C. The number of anilines is 1. The van der Waals surface area contributed by atoms with E-state index in [1.54, 1.807) is 0 Å². The molecule has 0 atom stereocenters. The van der Waals surface area contributed by atoms with Crippen molar-refractivity contribution in [2.45, 2.75) is 13.8 Å². The molecule has 0 spiro atoms. The van der Waals surface area contributed by atoms with Crippen molar-refractivity contribution in [1.82, 2.24) is 0 Å². The summed E-state index contributed by atoms with van der Waals surface area (Å²) in [7, 11) is 1.37. The van der Waals surface area contributed by atoms with Gasteiger partial charge in [0.05, 0.1) is 7.11 Å². The minimum atomic E-state index is -0.308. The summed E-state index contributed by atoms with van der Waals surface area (Å²) in [6.07, 6.45) is 0. The Bertz CT molecular complexity index is 317. The summed E-state index contributed by atoms with van der Waals surface area (Å²) in [6, 6.07) is 0. The second kappa shape index (κ2) is 3.15. The van der Waals surface area contributed by atoms with Crippen LogP contribution < -0.4 is 5.73 Å². The molecule has 0 aliphatic carbocycles. The molecule has 0 saturated heterocycles. The number of ether oxygens (including phenoxy) is 1. The summed E-state index contributed by atoms with van der Waals surface area (Å²) in [5.74, 6) is -0.308. The fraction of sp³-hybridized carbons (Fsp3) is 0.375. The number of methoxy groups -OCH3 is 1. The van der Waals surface area contributed by atoms with Crippen LogP contribution >= 0.6 is 11.3 Å². The van der Waals surface area contributed by atoms with Gasteiger partial charge in [0.15, 0.2) is 0 Å². The van der Waals surface area contributed by atoms with Gasteiger partial charge in [-0.15, -0.1) is 11.3 Å². The molecule has 0 aromatic carbocycles. The van der Waals surface area contributed by atoms with Crippen LogP contribution in [0.4, 0.5) is 5.69 Å². The third-order valence-electron chi connectivity index (χ3n) is 1.75. The van der Waals surface area contributed by atoms with Gasteiger partial charge in [0.1, 0.15) is 4.88 Å². The van der Waals surface area contributed by atoms with Crippen molar-refractivity contribution in [2.24, 2.45) is 0 Å². The number of hydrogen-bond acceptors (Lipinski definition) is 4. The summed E-state index contributed by atoms with van der Waals surface area (Å²) in [5.41, 5.74) is 7.22. The second-order valence-corrected chi connectivity index (χ2v) is 3.74. The molecular weight excluding hydrogens is 174 g/mol. The molecule has 0 bridgehead atoms. The monoisotopic (exact) mass is 185 g/mol. The van der Waals surface area contributed by atoms with E-state index in [1.165, 1.54) is 18.4 Å². The third kappa shape index (κ3) is 1.30. The topological polar surface area (TPSA) is 52.3 Å². The highest BCUT2D eigenvalue weighted by Crippen LogP contribution is 2.29. The van der Waals surface area contributed by atoms with Crippen LogP contribution in [-0.2, 0) is 4.74 Å². The van der Waals surface area contributed by atoms with Crippen LogP contribution in [0.25, 0.3) is 0 Å². The Hall–Kier alpha value is -1.03. The first kappa shape index (κ1) is 9.06. The van der Waals surface area contributed by atoms with Gasteiger partial charge < -0.3 is 10.5 Å². The van der Waals surface area contributed by atoms with E-state index in [2.05, 4.69) is 4.74 Å². The van der Waals surface area contributed by atoms with E-state index < -0.39 is 0 Å². The van der Waals surface area contributed by atoms with Crippen LogP contribution in [0.5, 0.6) is 0 Å². The molecule has 1 aromatic rings. The largest absolute Gasteiger partial charge is 0.465 e. The zero-order valence-corrected chi connectivity index (χ0v) is 8.12. The molecule has 0 amide bonds. The minimum absolute atomic E-state index is 0.308. The fourth-order valence-electron chi connectivity index (χ4n) is 0.958. The lowest BCUT2D eigenvalue weighted by atomic mass is 10.2. The van der Waals surface area contributed by atoms with Crippen molar-refractivity contribution >= 4 is 23.0 Å². The van der Waals surface area contributed by atoms with Crippen LogP contribution in [0.3, 0.4) is 0 Å². The van der Waals surface area contributed by atoms with Gasteiger partial charge in [0.25, 0.3) is 0 Å². The lowest BCUT2D eigenvalue weighted by Crippen LogP contribution is -2.00. The van der Waals surface area contributed by atoms with Crippen molar-refractivity contribution in [3.8, 4) is 0 Å². The highest BCUT2D eigenvalue weighted by atomic mass is 32.1. The molecule has 0 aliphatic heterocycles. The molecule has 0 saturated carbocycles. The van der Waals surface area contributed by atoms with Crippen molar-refractivity contribution in [1.29, 1.82) is 0 Å². The fourth-order valence-corrected chi connectivity index (χ4v) is 1.96. The highest BCUT2D eigenvalue weighted by Gasteiger charge is 2.15. The molecule has 3 nitrogen and oxygen atoms in total. The Morgan fingerprint density at radius 1 is 1.50 bits per heavy atom. The average molecular weight is 185 g/mol. The van der Waals surface area contributed by atoms with Gasteiger partial charge in [-0.2, -0.15) is 0 Å². The van der Waals surface area contributed by atoms with Crippen molar-refractivity contribution in [2.75, 3.05) is 12.8 Å². The molecule has 1 heterocycles. The van der Waals surface area contributed by atoms with Crippen LogP contribution in [0.1, 0.15) is 20.1 Å². The molecule has 0 radical (unpaired) electrons. The van der Waals surface area contributed by atoms with Gasteiger partial charge >= 0.3 is 5.97 Å². The molecule has 12 heavy (non-hydrogen) atoms. The van der Waals surface area contributed by atoms with E-state index in [4.69, 9.17) is 5.73 Å². The van der Waals surface area contributed by atoms with E-state index in [1.807, 2.05) is 13.8 Å². The first-order valence-corrected chi connectivity index (χ1v) is 4.33. The Labute approximate surface area is 75.1 Å². The van der Waals surface area contributed by atoms with Gasteiger partial charge in [-0.1, -0.05) is 0 Å². The Morgan fingerprint density at radius 3 is 2.42 bits per heavy atom. The van der Waals surface area contributed by atoms with Crippen LogP contribution in [0.15, 0.2) is 0 Å². The number of aryl methyl sites for hydroxylation is 1. The molecule has 0 aliphatic rings. The summed E-state index contributed by atoms with van der Waals surface area (Å²) in [6.45, 7) is 3.71. The van der Waals surface area contributed by atoms with Crippen molar-refractivity contribution in [3.63, 3.8) is 0 Å². The first-order chi connectivity index (χ1) is 5.57. The van der Waals surface area contributed by atoms with Crippen LogP contribution in [0.2, 0.25) is 0 Å². The lowest BCUT2D eigenvalue weighted by Gasteiger charge is -1.95. The number of thiophene rings is 1. The molecule has 1 aromatic heterocycles. The Morgan fingerprint density at radius 2 is 2.08 bits per heavy atom. The van der Waals surface area contributed by atoms with E-state index in [0.29, 0.717) is 10.6 Å². The third-order valence-corrected chi connectivity index (χ3v) is 2.95. The summed E-state index contributed by atoms with van der Waals surface area (Å²) >= 11 is 1.37. The Kier molecular flexibility index (Phi) is 2.38. The quantitative estimate of drug-likeness (QED) is 0.678. The standard InChI is InChI=1S/C8H11NO2S/c1-4-6(9)5(2)12-7(4)8(10)11-3/h9H2,1-3H3. The maximum Gasteiger partial charge on any atom is 0.348 e. The average Bonchev–Trinajstić information content (AvgIpc) is 2.32. The van der Waals surface area contributed by atoms with Crippen LogP contribution in [-0.4, -0.2) is 13.1 Å². The zero-order valence-electron chi connectivity index (χ0n) is 7.30. The van der Waals surface area contributed by atoms with Crippen molar-refractivity contribution in [3.05, 3.63) is 15.3 Å². The minimum Gasteiger partial charge on any atom is -0.465 e. The molecule has 0 unspecified atom stereocenters. The number of carbonyl (C=O) groups excluding carboxylic acids is 1. The molecule has 1 rings (SSSR count). The molecular formula is C8H11NO2S. The van der Waals surface area contributed by atoms with E-state index in [0.717, 1.165) is 10.4 Å². The lowest BCUT2D eigenvalue weighted by molar-refractivity contribution is 0.0605. The zero-order chi connectivity index (χ0) is 9.30. The van der Waals surface area contributed by atoms with Gasteiger partial charge in [-0.3, -0.25) is 0 Å². The van der Waals surface area contributed by atoms with Crippen LogP contribution in [0, 0.1) is 13.8 Å². The Balaban J connectivity index is 3.17. The summed E-state index contributed by atoms with van der Waals surface area (Å²) in [4.78, 5) is 12.7. The number of carbonyl (C=O) groups is 1. The predicted octanol–water partition coefficient (Wildman–Crippen LogP) is 1.73. The van der Waals surface area contributed by atoms with Crippen molar-refractivity contribution < 1.29 is 9.53 Å². The van der Waals surface area contributed by atoms with Gasteiger partial charge in [-0.05, 0) is 19.4 Å². The number of hydrogen-bond donors (Lipinski definition) is 1. The highest BCUT2D eigenvalue weighted by molar-refractivity contribution is 7.14. The molecule has 4 heteroatoms. The summed E-state index contributed by atoms with van der Waals surface area (Å²) in [5, 5.41) is 0. The summed E-state index contributed by atoms with van der Waals surface area (Å²) < 4.78 is 4.60. The molecule has 0 fully saturated rings. The second-order valence-electron chi connectivity index (χ2n) is 2.52.